The van der Waals surface area contributed by atoms with E-state index in [1.165, 1.54) is 31.2 Å². The van der Waals surface area contributed by atoms with Gasteiger partial charge in [-0.25, -0.2) is 4.39 Å². The molecule has 2 heterocycles. The molecule has 2 aromatic carbocycles. The van der Waals surface area contributed by atoms with Gasteiger partial charge in [0, 0.05) is 31.5 Å². The Bertz CT molecular complexity index is 979. The number of likely N-dealkylation sites (tertiary alicyclic amines) is 2. The van der Waals surface area contributed by atoms with Gasteiger partial charge in [-0.3, -0.25) is 9.59 Å². The zero-order valence-corrected chi connectivity index (χ0v) is 17.1. The van der Waals surface area contributed by atoms with Crippen molar-refractivity contribution in [2.75, 3.05) is 19.7 Å². The SMILES string of the molecule is CC=Cc1ccc([C@@H]2[C@@H](CO)N(C(C)=O)C23CN(C(=O)c2ccc(F)cc2)C3)cc1. The van der Waals surface area contributed by atoms with Crippen molar-refractivity contribution in [1.29, 1.82) is 0 Å². The number of amides is 2. The lowest BCUT2D eigenvalue weighted by molar-refractivity contribution is -0.191. The second-order valence-corrected chi connectivity index (χ2v) is 8.05. The molecule has 5 nitrogen and oxygen atoms in total. The van der Waals surface area contributed by atoms with Crippen molar-refractivity contribution in [2.45, 2.75) is 31.3 Å². The van der Waals surface area contributed by atoms with Crippen molar-refractivity contribution < 1.29 is 19.1 Å². The van der Waals surface area contributed by atoms with Gasteiger partial charge in [-0.15, -0.1) is 0 Å². The fourth-order valence-electron chi connectivity index (χ4n) is 5.06. The summed E-state index contributed by atoms with van der Waals surface area (Å²) in [5, 5.41) is 9.99. The molecule has 2 aromatic rings. The molecular weight excluding hydrogens is 383 g/mol. The minimum Gasteiger partial charge on any atom is -0.394 e. The largest absolute Gasteiger partial charge is 0.394 e. The van der Waals surface area contributed by atoms with Crippen molar-refractivity contribution in [3.8, 4) is 0 Å². The highest BCUT2D eigenvalue weighted by Crippen LogP contribution is 2.54. The molecular formula is C24H25FN2O3. The molecule has 30 heavy (non-hydrogen) atoms. The minimum absolute atomic E-state index is 0.0525. The fourth-order valence-corrected chi connectivity index (χ4v) is 5.06. The second kappa shape index (κ2) is 7.69. The van der Waals surface area contributed by atoms with Crippen LogP contribution < -0.4 is 0 Å². The van der Waals surface area contributed by atoms with E-state index in [0.29, 0.717) is 18.7 Å². The number of hydrogen-bond donors (Lipinski definition) is 1. The predicted octanol–water partition coefficient (Wildman–Crippen LogP) is 3.06. The summed E-state index contributed by atoms with van der Waals surface area (Å²) in [7, 11) is 0. The van der Waals surface area contributed by atoms with Gasteiger partial charge in [0.05, 0.1) is 18.2 Å². The Morgan fingerprint density at radius 3 is 2.30 bits per heavy atom. The third-order valence-electron chi connectivity index (χ3n) is 6.26. The van der Waals surface area contributed by atoms with Gasteiger partial charge in [0.2, 0.25) is 5.91 Å². The zero-order valence-electron chi connectivity index (χ0n) is 17.1. The maximum Gasteiger partial charge on any atom is 0.254 e. The number of rotatable bonds is 4. The number of halogens is 1. The second-order valence-electron chi connectivity index (χ2n) is 8.05. The molecule has 6 heteroatoms. The number of carbonyl (C=O) groups is 2. The molecule has 156 valence electrons. The monoisotopic (exact) mass is 408 g/mol. The van der Waals surface area contributed by atoms with Gasteiger partial charge < -0.3 is 14.9 Å². The van der Waals surface area contributed by atoms with Crippen molar-refractivity contribution in [3.63, 3.8) is 0 Å². The Morgan fingerprint density at radius 1 is 1.13 bits per heavy atom. The third kappa shape index (κ3) is 3.12. The smallest absolute Gasteiger partial charge is 0.254 e. The lowest BCUT2D eigenvalue weighted by Crippen LogP contribution is -2.85. The first kappa shape index (κ1) is 20.3. The van der Waals surface area contributed by atoms with Crippen molar-refractivity contribution in [1.82, 2.24) is 9.80 Å². The van der Waals surface area contributed by atoms with Crippen LogP contribution in [0.5, 0.6) is 0 Å². The van der Waals surface area contributed by atoms with Crippen molar-refractivity contribution >= 4 is 17.9 Å². The molecule has 2 aliphatic heterocycles. The molecule has 2 atom stereocenters. The average Bonchev–Trinajstić information content (AvgIpc) is 2.68. The molecule has 2 aliphatic rings. The Hall–Kier alpha value is -2.99. The van der Waals surface area contributed by atoms with Crippen LogP contribution in [0.15, 0.2) is 54.6 Å². The molecule has 2 amide bonds. The van der Waals surface area contributed by atoms with E-state index in [2.05, 4.69) is 0 Å². The van der Waals surface area contributed by atoms with E-state index in [1.807, 2.05) is 43.3 Å². The number of allylic oxidation sites excluding steroid dienone is 1. The quantitative estimate of drug-likeness (QED) is 0.846. The van der Waals surface area contributed by atoms with Gasteiger partial charge in [0.1, 0.15) is 5.82 Å². The zero-order chi connectivity index (χ0) is 21.5. The first-order valence-corrected chi connectivity index (χ1v) is 10.1. The van der Waals surface area contributed by atoms with Gasteiger partial charge in [-0.1, -0.05) is 36.4 Å². The molecule has 4 rings (SSSR count). The van der Waals surface area contributed by atoms with E-state index in [9.17, 15) is 19.1 Å². The molecule has 0 aromatic heterocycles. The van der Waals surface area contributed by atoms with Gasteiger partial charge >= 0.3 is 0 Å². The highest BCUT2D eigenvalue weighted by atomic mass is 19.1. The van der Waals surface area contributed by atoms with Crippen LogP contribution in [0.2, 0.25) is 0 Å². The summed E-state index contributed by atoms with van der Waals surface area (Å²) in [6.45, 7) is 4.11. The molecule has 2 saturated heterocycles. The molecule has 0 unspecified atom stereocenters. The number of nitrogens with zero attached hydrogens (tertiary/aromatic N) is 2. The van der Waals surface area contributed by atoms with Crippen molar-refractivity contribution in [2.24, 2.45) is 0 Å². The number of hydrogen-bond acceptors (Lipinski definition) is 3. The molecule has 0 aliphatic carbocycles. The molecule has 0 radical (unpaired) electrons. The van der Waals surface area contributed by atoms with E-state index in [1.54, 1.807) is 9.80 Å². The van der Waals surface area contributed by atoms with Crippen molar-refractivity contribution in [3.05, 3.63) is 77.1 Å². The molecule has 2 fully saturated rings. The van der Waals surface area contributed by atoms with Crippen LogP contribution in [0.3, 0.4) is 0 Å². The standard InChI is InChI=1S/C24H25FN2O3/c1-3-4-17-5-7-18(8-6-17)22-21(13-28)27(16(2)29)24(22)14-26(15-24)23(30)19-9-11-20(25)12-10-19/h3-12,21-22,28H,13-15H2,1-2H3/t21-,22-/m1/s1. The summed E-state index contributed by atoms with van der Waals surface area (Å²) in [5.41, 5.74) is 2.04. The lowest BCUT2D eigenvalue weighted by atomic mass is 9.60. The molecule has 0 saturated carbocycles. The topological polar surface area (TPSA) is 60.9 Å². The van der Waals surface area contributed by atoms with Crippen LogP contribution in [-0.2, 0) is 4.79 Å². The summed E-state index contributed by atoms with van der Waals surface area (Å²) in [6.07, 6.45) is 3.98. The van der Waals surface area contributed by atoms with Crippen LogP contribution in [0.25, 0.3) is 6.08 Å². The highest BCUT2D eigenvalue weighted by molar-refractivity contribution is 5.95. The summed E-state index contributed by atoms with van der Waals surface area (Å²) in [4.78, 5) is 28.6. The number of carbonyl (C=O) groups excluding carboxylic acids is 2. The number of benzene rings is 2. The summed E-state index contributed by atoms with van der Waals surface area (Å²) in [6, 6.07) is 13.3. The third-order valence-corrected chi connectivity index (χ3v) is 6.26. The maximum atomic E-state index is 13.2. The molecule has 1 spiro atoms. The summed E-state index contributed by atoms with van der Waals surface area (Å²) >= 11 is 0. The number of aliphatic hydroxyl groups excluding tert-OH is 1. The van der Waals surface area contributed by atoms with Crippen LogP contribution in [-0.4, -0.2) is 58.0 Å². The van der Waals surface area contributed by atoms with Gasteiger partial charge in [-0.05, 0) is 42.3 Å². The maximum absolute atomic E-state index is 13.2. The Morgan fingerprint density at radius 2 is 1.77 bits per heavy atom. The Balaban J connectivity index is 1.60. The Labute approximate surface area is 175 Å². The van der Waals surface area contributed by atoms with Gasteiger partial charge in [0.15, 0.2) is 0 Å². The van der Waals surface area contributed by atoms with E-state index in [4.69, 9.17) is 0 Å². The summed E-state index contributed by atoms with van der Waals surface area (Å²) < 4.78 is 13.2. The molecule has 1 N–H and O–H groups in total. The highest BCUT2D eigenvalue weighted by Gasteiger charge is 2.67. The molecule has 0 bridgehead atoms. The number of aliphatic hydroxyl groups is 1. The summed E-state index contributed by atoms with van der Waals surface area (Å²) in [5.74, 6) is -0.729. The van der Waals surface area contributed by atoms with Gasteiger partial charge in [-0.2, -0.15) is 0 Å². The average molecular weight is 408 g/mol. The van der Waals surface area contributed by atoms with E-state index in [-0.39, 0.29) is 36.2 Å². The first-order valence-electron chi connectivity index (χ1n) is 10.1. The minimum atomic E-state index is -0.517. The normalized spacial score (nSPS) is 22.1. The van der Waals surface area contributed by atoms with E-state index in [0.717, 1.165) is 11.1 Å². The van der Waals surface area contributed by atoms with Crippen LogP contribution in [0.1, 0.15) is 41.3 Å². The van der Waals surface area contributed by atoms with Crippen LogP contribution in [0, 0.1) is 5.82 Å². The van der Waals surface area contributed by atoms with Crippen LogP contribution in [0.4, 0.5) is 4.39 Å². The lowest BCUT2D eigenvalue weighted by Gasteiger charge is -2.70. The van der Waals surface area contributed by atoms with E-state index >= 15 is 0 Å². The fraction of sp³-hybridized carbons (Fsp3) is 0.333. The first-order chi connectivity index (χ1) is 14.4. The van der Waals surface area contributed by atoms with Gasteiger partial charge in [0.25, 0.3) is 5.91 Å². The predicted molar refractivity (Wildman–Crippen MR) is 112 cm³/mol. The Kier molecular flexibility index (Phi) is 5.20. The van der Waals surface area contributed by atoms with Crippen LogP contribution >= 0.6 is 0 Å². The van der Waals surface area contributed by atoms with E-state index < -0.39 is 5.54 Å².